The molecule has 1 aromatic heterocycles. The first kappa shape index (κ1) is 18.9. The van der Waals surface area contributed by atoms with Crippen molar-refractivity contribution in [3.8, 4) is 5.75 Å². The molecule has 0 fully saturated rings. The molecule has 27 heavy (non-hydrogen) atoms. The number of hydrazone groups is 1. The first-order chi connectivity index (χ1) is 13.0. The topological polar surface area (TPSA) is 92.3 Å². The Morgan fingerprint density at radius 1 is 1.26 bits per heavy atom. The minimum atomic E-state index is -0.554. The summed E-state index contributed by atoms with van der Waals surface area (Å²) in [7, 11) is 0. The van der Waals surface area contributed by atoms with Crippen molar-refractivity contribution < 1.29 is 4.74 Å². The number of hydrogen-bond acceptors (Lipinski definition) is 6. The summed E-state index contributed by atoms with van der Waals surface area (Å²) in [4.78, 5) is 15.0. The summed E-state index contributed by atoms with van der Waals surface area (Å²) in [5.74, 6) is 0.907. The summed E-state index contributed by atoms with van der Waals surface area (Å²) in [6.07, 6.45) is 1.57. The fourth-order valence-electron chi connectivity index (χ4n) is 2.17. The highest BCUT2D eigenvalue weighted by Crippen LogP contribution is 2.24. The number of aromatic nitrogens is 3. The third kappa shape index (κ3) is 5.06. The van der Waals surface area contributed by atoms with Gasteiger partial charge in [-0.05, 0) is 31.2 Å². The smallest absolute Gasteiger partial charge is 0.363 e. The number of anilines is 1. The Labute approximate surface area is 165 Å². The van der Waals surface area contributed by atoms with Gasteiger partial charge in [0.1, 0.15) is 18.1 Å². The lowest BCUT2D eigenvalue weighted by molar-refractivity contribution is 0.306. The number of H-pyrrole nitrogens is 1. The largest absolute Gasteiger partial charge is 0.488 e. The average molecular weight is 404 g/mol. The van der Waals surface area contributed by atoms with E-state index in [9.17, 15) is 4.79 Å². The molecule has 3 aromatic rings. The zero-order valence-electron chi connectivity index (χ0n) is 14.2. The van der Waals surface area contributed by atoms with Crippen LogP contribution in [0.3, 0.4) is 0 Å². The Morgan fingerprint density at radius 2 is 2.07 bits per heavy atom. The van der Waals surface area contributed by atoms with Crippen LogP contribution in [-0.4, -0.2) is 21.4 Å². The van der Waals surface area contributed by atoms with E-state index in [0.29, 0.717) is 21.5 Å². The van der Waals surface area contributed by atoms with Crippen LogP contribution in [0.15, 0.2) is 52.4 Å². The van der Waals surface area contributed by atoms with Crippen LogP contribution >= 0.6 is 23.2 Å². The van der Waals surface area contributed by atoms with Crippen LogP contribution < -0.4 is 15.9 Å². The molecule has 0 saturated heterocycles. The second-order valence-electron chi connectivity index (χ2n) is 5.51. The van der Waals surface area contributed by atoms with Crippen LogP contribution in [0.5, 0.6) is 5.75 Å². The molecule has 0 amide bonds. The Morgan fingerprint density at radius 3 is 2.89 bits per heavy atom. The number of nitrogens with zero attached hydrogens (tertiary/aromatic N) is 3. The van der Waals surface area contributed by atoms with Gasteiger partial charge in [0, 0.05) is 21.2 Å². The molecule has 2 N–H and O–H groups in total. The summed E-state index contributed by atoms with van der Waals surface area (Å²) < 4.78 is 5.86. The third-order valence-corrected chi connectivity index (χ3v) is 4.15. The van der Waals surface area contributed by atoms with E-state index in [4.69, 9.17) is 27.9 Å². The van der Waals surface area contributed by atoms with Crippen molar-refractivity contribution in [2.45, 2.75) is 13.5 Å². The quantitative estimate of drug-likeness (QED) is 0.482. The Bertz CT molecular complexity index is 1040. The highest BCUT2D eigenvalue weighted by atomic mass is 35.5. The van der Waals surface area contributed by atoms with E-state index in [1.54, 1.807) is 25.3 Å². The second-order valence-corrected chi connectivity index (χ2v) is 6.35. The number of halogens is 2. The molecular formula is C18H15Cl2N5O2. The molecule has 3 rings (SSSR count). The lowest BCUT2D eigenvalue weighted by Gasteiger charge is -2.10. The fraction of sp³-hybridized carbons (Fsp3) is 0.111. The van der Waals surface area contributed by atoms with Gasteiger partial charge in [-0.3, -0.25) is 5.43 Å². The van der Waals surface area contributed by atoms with Crippen molar-refractivity contribution in [3.05, 3.63) is 79.8 Å². The fourth-order valence-corrected chi connectivity index (χ4v) is 2.64. The molecule has 0 radical (unpaired) electrons. The van der Waals surface area contributed by atoms with E-state index in [1.165, 1.54) is 0 Å². The number of nitrogens with one attached hydrogen (secondary N) is 2. The summed E-state index contributed by atoms with van der Waals surface area (Å²) in [6, 6.07) is 12.6. The van der Waals surface area contributed by atoms with Gasteiger partial charge in [-0.15, -0.1) is 0 Å². The van der Waals surface area contributed by atoms with Gasteiger partial charge in [0.2, 0.25) is 0 Å². The summed E-state index contributed by atoms with van der Waals surface area (Å²) in [6.45, 7) is 1.99. The van der Waals surface area contributed by atoms with Crippen molar-refractivity contribution in [1.29, 1.82) is 0 Å². The van der Waals surface area contributed by atoms with E-state index < -0.39 is 5.69 Å². The normalized spacial score (nSPS) is 10.9. The Balaban J connectivity index is 1.71. The number of rotatable bonds is 6. The minimum absolute atomic E-state index is 0.279. The predicted molar refractivity (Wildman–Crippen MR) is 106 cm³/mol. The van der Waals surface area contributed by atoms with Gasteiger partial charge < -0.3 is 4.74 Å². The molecular weight excluding hydrogens is 389 g/mol. The molecule has 1 heterocycles. The average Bonchev–Trinajstić information content (AvgIpc) is 2.65. The first-order valence-corrected chi connectivity index (χ1v) is 8.66. The molecule has 9 heteroatoms. The van der Waals surface area contributed by atoms with Crippen LogP contribution in [-0.2, 0) is 6.61 Å². The van der Waals surface area contributed by atoms with Gasteiger partial charge in [0.25, 0.3) is 0 Å². The first-order valence-electron chi connectivity index (χ1n) is 7.91. The minimum Gasteiger partial charge on any atom is -0.488 e. The Kier molecular flexibility index (Phi) is 6.05. The molecule has 0 saturated carbocycles. The van der Waals surface area contributed by atoms with E-state index in [1.807, 2.05) is 30.3 Å². The van der Waals surface area contributed by atoms with Crippen molar-refractivity contribution in [1.82, 2.24) is 15.2 Å². The molecule has 0 unspecified atom stereocenters. The second kappa shape index (κ2) is 8.66. The third-order valence-electron chi connectivity index (χ3n) is 3.57. The molecule has 0 atom stereocenters. The van der Waals surface area contributed by atoms with Crippen molar-refractivity contribution >= 4 is 35.2 Å². The van der Waals surface area contributed by atoms with E-state index in [-0.39, 0.29) is 12.4 Å². The number of hydrogen-bond donors (Lipinski definition) is 2. The molecule has 0 spiro atoms. The summed E-state index contributed by atoms with van der Waals surface area (Å²) >= 11 is 12.1. The lowest BCUT2D eigenvalue weighted by atomic mass is 10.2. The SMILES string of the molecule is Cc1n[nH]c(=O)nc1N/N=C/c1ccccc1OCc1ccc(Cl)cc1Cl. The maximum Gasteiger partial charge on any atom is 0.363 e. The van der Waals surface area contributed by atoms with Crippen LogP contribution in [0.2, 0.25) is 10.0 Å². The summed E-state index contributed by atoms with van der Waals surface area (Å²) in [5, 5.41) is 11.3. The number of para-hydroxylation sites is 1. The van der Waals surface area contributed by atoms with Gasteiger partial charge >= 0.3 is 5.69 Å². The van der Waals surface area contributed by atoms with Crippen molar-refractivity contribution in [3.63, 3.8) is 0 Å². The highest BCUT2D eigenvalue weighted by molar-refractivity contribution is 6.35. The molecule has 0 aliphatic heterocycles. The lowest BCUT2D eigenvalue weighted by Crippen LogP contribution is -2.15. The standard InChI is InChI=1S/C18H15Cl2N5O2/c1-11-17(22-18(26)25-23-11)24-21-9-12-4-2-3-5-16(12)27-10-13-6-7-14(19)8-15(13)20/h2-9H,10H2,1H3,(H2,22,24,25,26)/b21-9+. The van der Waals surface area contributed by atoms with Crippen LogP contribution in [0.25, 0.3) is 0 Å². The van der Waals surface area contributed by atoms with Gasteiger partial charge in [-0.25, -0.2) is 9.89 Å². The number of aromatic amines is 1. The maximum absolute atomic E-state index is 11.2. The zero-order chi connectivity index (χ0) is 19.2. The zero-order valence-corrected chi connectivity index (χ0v) is 15.8. The number of benzene rings is 2. The molecule has 0 bridgehead atoms. The van der Waals surface area contributed by atoms with E-state index in [0.717, 1.165) is 11.1 Å². The highest BCUT2D eigenvalue weighted by Gasteiger charge is 2.06. The predicted octanol–water partition coefficient (Wildman–Crippen LogP) is 3.81. The van der Waals surface area contributed by atoms with E-state index in [2.05, 4.69) is 25.7 Å². The molecule has 2 aromatic carbocycles. The van der Waals surface area contributed by atoms with Gasteiger partial charge in [0.05, 0.1) is 6.21 Å². The van der Waals surface area contributed by atoms with Gasteiger partial charge in [-0.2, -0.15) is 15.2 Å². The van der Waals surface area contributed by atoms with Crippen molar-refractivity contribution in [2.75, 3.05) is 5.43 Å². The maximum atomic E-state index is 11.2. The van der Waals surface area contributed by atoms with E-state index >= 15 is 0 Å². The Hall–Kier alpha value is -2.90. The van der Waals surface area contributed by atoms with Gasteiger partial charge in [0.15, 0.2) is 5.82 Å². The summed E-state index contributed by atoms with van der Waals surface area (Å²) in [5.41, 5.74) is 4.23. The molecule has 7 nitrogen and oxygen atoms in total. The van der Waals surface area contributed by atoms with Gasteiger partial charge in [-0.1, -0.05) is 41.4 Å². The molecule has 138 valence electrons. The monoisotopic (exact) mass is 403 g/mol. The van der Waals surface area contributed by atoms with Crippen LogP contribution in [0, 0.1) is 6.92 Å². The number of aryl methyl sites for hydroxylation is 1. The molecule has 0 aliphatic rings. The van der Waals surface area contributed by atoms with Crippen LogP contribution in [0.4, 0.5) is 5.82 Å². The van der Waals surface area contributed by atoms with Crippen molar-refractivity contribution in [2.24, 2.45) is 5.10 Å². The van der Waals surface area contributed by atoms with Crippen LogP contribution in [0.1, 0.15) is 16.8 Å². The molecule has 0 aliphatic carbocycles. The number of ether oxygens (including phenoxy) is 1.